The molecule has 0 amide bonds. The molecule has 0 fully saturated rings. The Balaban J connectivity index is 2.80. The first-order chi connectivity index (χ1) is 10.4. The van der Waals surface area contributed by atoms with Crippen molar-refractivity contribution < 1.29 is 40.9 Å². The topological polar surface area (TPSA) is 184 Å². The van der Waals surface area contributed by atoms with Crippen LogP contribution in [0.3, 0.4) is 0 Å². The number of hydrogen-bond acceptors (Lipinski definition) is 7. The molecular weight excluding hydrogens is 356 g/mol. The van der Waals surface area contributed by atoms with Crippen LogP contribution in [0.5, 0.6) is 5.88 Å². The zero-order valence-corrected chi connectivity index (χ0v) is 12.5. The number of hydrogen-bond donors (Lipinski definition) is 4. The van der Waals surface area contributed by atoms with Gasteiger partial charge in [0, 0.05) is 6.07 Å². The molecule has 2 aromatic rings. The van der Waals surface area contributed by atoms with Gasteiger partial charge < -0.3 is 10.2 Å². The molecule has 11 nitrogen and oxygen atoms in total. The number of rotatable bonds is 4. The maximum absolute atomic E-state index is 11.2. The van der Waals surface area contributed by atoms with E-state index in [1.54, 1.807) is 0 Å². The Labute approximate surface area is 128 Å². The fourth-order valence-electron chi connectivity index (χ4n) is 1.64. The Morgan fingerprint density at radius 2 is 1.43 bits per heavy atom. The lowest BCUT2D eigenvalue weighted by Gasteiger charge is -2.07. The largest absolute Gasteiger partial charge is 0.493 e. The number of aromatic nitrogens is 2. The molecule has 0 spiro atoms. The van der Waals surface area contributed by atoms with Crippen molar-refractivity contribution in [3.63, 3.8) is 0 Å². The third-order valence-corrected chi connectivity index (χ3v) is 4.28. The second-order valence-corrected chi connectivity index (χ2v) is 7.06. The van der Waals surface area contributed by atoms with E-state index >= 15 is 0 Å². The van der Waals surface area contributed by atoms with Crippen molar-refractivity contribution in [2.24, 2.45) is 0 Å². The van der Waals surface area contributed by atoms with E-state index in [9.17, 15) is 26.7 Å². The van der Waals surface area contributed by atoms with Gasteiger partial charge in [-0.15, -0.1) is 0 Å². The van der Waals surface area contributed by atoms with Crippen molar-refractivity contribution in [3.8, 4) is 11.6 Å². The maximum atomic E-state index is 11.2. The summed E-state index contributed by atoms with van der Waals surface area (Å²) in [4.78, 5) is 8.98. The molecule has 0 atom stereocenters. The van der Waals surface area contributed by atoms with Gasteiger partial charge in [0.2, 0.25) is 5.88 Å². The molecule has 124 valence electrons. The lowest BCUT2D eigenvalue weighted by Crippen LogP contribution is -2.07. The highest BCUT2D eigenvalue weighted by atomic mass is 32.2. The number of nitrogens with zero attached hydrogens (tertiary/aromatic N) is 2. The van der Waals surface area contributed by atoms with Gasteiger partial charge in [-0.1, -0.05) is 0 Å². The highest BCUT2D eigenvalue weighted by Gasteiger charge is 2.21. The van der Waals surface area contributed by atoms with Crippen LogP contribution in [0.25, 0.3) is 5.69 Å². The monoisotopic (exact) mass is 364 g/mol. The molecule has 1 heterocycles. The van der Waals surface area contributed by atoms with Crippen molar-refractivity contribution in [2.75, 3.05) is 0 Å². The van der Waals surface area contributed by atoms with Crippen LogP contribution in [0, 0.1) is 0 Å². The van der Waals surface area contributed by atoms with E-state index in [4.69, 9.17) is 14.2 Å². The Morgan fingerprint density at radius 1 is 0.957 bits per heavy atom. The second-order valence-electron chi connectivity index (χ2n) is 4.22. The lowest BCUT2D eigenvalue weighted by molar-refractivity contribution is 0.0690. The smallest absolute Gasteiger partial charge is 0.356 e. The predicted octanol–water partition coefficient (Wildman–Crippen LogP) is -0.230. The Bertz CT molecular complexity index is 955. The van der Waals surface area contributed by atoms with E-state index in [1.165, 1.54) is 0 Å². The van der Waals surface area contributed by atoms with E-state index in [0.29, 0.717) is 10.7 Å². The number of aromatic carboxylic acids is 1. The van der Waals surface area contributed by atoms with Crippen molar-refractivity contribution >= 4 is 26.2 Å². The van der Waals surface area contributed by atoms with Gasteiger partial charge in [-0.2, -0.15) is 21.9 Å². The molecule has 1 aromatic heterocycles. The molecule has 13 heteroatoms. The summed E-state index contributed by atoms with van der Waals surface area (Å²) in [6, 6.07) is 2.66. The van der Waals surface area contributed by atoms with Crippen molar-refractivity contribution in [2.45, 2.75) is 9.79 Å². The van der Waals surface area contributed by atoms with Gasteiger partial charge in [0.05, 0.1) is 15.5 Å². The fourth-order valence-corrected chi connectivity index (χ4v) is 2.81. The molecule has 0 saturated carbocycles. The Hall–Kier alpha value is -2.48. The fraction of sp³-hybridized carbons (Fsp3) is 0. The number of carboxylic acids is 1. The third-order valence-electron chi connectivity index (χ3n) is 2.61. The van der Waals surface area contributed by atoms with Gasteiger partial charge in [0.1, 0.15) is 0 Å². The minimum Gasteiger partial charge on any atom is -0.493 e. The van der Waals surface area contributed by atoms with Crippen LogP contribution in [0.15, 0.2) is 34.1 Å². The predicted molar refractivity (Wildman–Crippen MR) is 71.8 cm³/mol. The van der Waals surface area contributed by atoms with Crippen LogP contribution in [-0.2, 0) is 20.2 Å². The highest BCUT2D eigenvalue weighted by Crippen LogP contribution is 2.24. The van der Waals surface area contributed by atoms with Gasteiger partial charge >= 0.3 is 5.97 Å². The summed E-state index contributed by atoms with van der Waals surface area (Å²) in [6.07, 6.45) is 0. The molecule has 0 saturated heterocycles. The first-order valence-electron chi connectivity index (χ1n) is 5.52. The molecule has 0 bridgehead atoms. The summed E-state index contributed by atoms with van der Waals surface area (Å²) in [5, 5.41) is 21.9. The molecule has 0 unspecified atom stereocenters. The standard InChI is InChI=1S/C10H8N2O9S2/c13-9-4-8(10(14)15)11-12(9)5-1-6(22(16,17)18)3-7(2-5)23(19,20)21/h1-4,13H,(H,14,15)(H,16,17,18)(H,19,20,21). The minimum absolute atomic E-state index is 0.419. The summed E-state index contributed by atoms with van der Waals surface area (Å²) in [5.74, 6) is -2.24. The van der Waals surface area contributed by atoms with Gasteiger partial charge in [0.15, 0.2) is 5.69 Å². The second kappa shape index (κ2) is 5.31. The molecule has 2 rings (SSSR count). The van der Waals surface area contributed by atoms with Crippen molar-refractivity contribution in [1.29, 1.82) is 0 Å². The van der Waals surface area contributed by atoms with E-state index in [0.717, 1.165) is 18.2 Å². The molecule has 0 aliphatic rings. The average Bonchev–Trinajstić information content (AvgIpc) is 2.78. The highest BCUT2D eigenvalue weighted by molar-refractivity contribution is 7.86. The van der Waals surface area contributed by atoms with Gasteiger partial charge in [-0.25, -0.2) is 9.48 Å². The minimum atomic E-state index is -4.85. The summed E-state index contributed by atoms with van der Waals surface area (Å²) in [7, 11) is -9.71. The first-order valence-corrected chi connectivity index (χ1v) is 8.40. The number of carbonyl (C=O) groups is 1. The lowest BCUT2D eigenvalue weighted by atomic mass is 10.3. The maximum Gasteiger partial charge on any atom is 0.356 e. The average molecular weight is 364 g/mol. The number of carboxylic acid groups (broad SMARTS) is 1. The van der Waals surface area contributed by atoms with Crippen LogP contribution in [0.2, 0.25) is 0 Å². The molecule has 0 aliphatic heterocycles. The number of aromatic hydroxyl groups is 1. The molecule has 23 heavy (non-hydrogen) atoms. The molecular formula is C10H8N2O9S2. The van der Waals surface area contributed by atoms with Crippen LogP contribution >= 0.6 is 0 Å². The van der Waals surface area contributed by atoms with Gasteiger partial charge in [0.25, 0.3) is 20.2 Å². The quantitative estimate of drug-likeness (QED) is 0.528. The zero-order valence-electron chi connectivity index (χ0n) is 10.9. The molecule has 1 aromatic carbocycles. The SMILES string of the molecule is O=C(O)c1cc(O)n(-c2cc(S(=O)(=O)O)cc(S(=O)(=O)O)c2)n1. The van der Waals surface area contributed by atoms with E-state index in [1.807, 2.05) is 0 Å². The van der Waals surface area contributed by atoms with E-state index in [2.05, 4.69) is 5.10 Å². The van der Waals surface area contributed by atoms with Crippen LogP contribution < -0.4 is 0 Å². The summed E-state index contributed by atoms with van der Waals surface area (Å²) in [5.41, 5.74) is -1.02. The summed E-state index contributed by atoms with van der Waals surface area (Å²) >= 11 is 0. The number of benzene rings is 1. The van der Waals surface area contributed by atoms with Crippen LogP contribution in [0.1, 0.15) is 10.5 Å². The van der Waals surface area contributed by atoms with E-state index in [-0.39, 0.29) is 0 Å². The third kappa shape index (κ3) is 3.48. The molecule has 0 aliphatic carbocycles. The van der Waals surface area contributed by atoms with Crippen molar-refractivity contribution in [3.05, 3.63) is 30.0 Å². The Kier molecular flexibility index (Phi) is 3.90. The van der Waals surface area contributed by atoms with Gasteiger partial charge in [-0.3, -0.25) is 9.11 Å². The molecule has 0 radical (unpaired) electrons. The van der Waals surface area contributed by atoms with Crippen LogP contribution in [0.4, 0.5) is 0 Å². The first kappa shape index (κ1) is 16.9. The zero-order chi connectivity index (χ0) is 17.6. The Morgan fingerprint density at radius 3 is 1.78 bits per heavy atom. The normalized spacial score (nSPS) is 12.3. The van der Waals surface area contributed by atoms with E-state index < -0.39 is 53.3 Å². The van der Waals surface area contributed by atoms with Gasteiger partial charge in [-0.05, 0) is 18.2 Å². The van der Waals surface area contributed by atoms with Crippen molar-refractivity contribution in [1.82, 2.24) is 9.78 Å². The van der Waals surface area contributed by atoms with Crippen LogP contribution in [-0.4, -0.2) is 51.9 Å². The molecule has 4 N–H and O–H groups in total. The summed E-state index contributed by atoms with van der Waals surface area (Å²) < 4.78 is 63.3. The summed E-state index contributed by atoms with van der Waals surface area (Å²) in [6.45, 7) is 0.